The Morgan fingerprint density at radius 3 is 2.68 bits per heavy atom. The number of carbonyl (C=O) groups excluding carboxylic acids is 2. The summed E-state index contributed by atoms with van der Waals surface area (Å²) in [6, 6.07) is 0. The lowest BCUT2D eigenvalue weighted by atomic mass is 9.51. The minimum atomic E-state index is 0.263. The van der Waals surface area contributed by atoms with Crippen LogP contribution < -0.4 is 0 Å². The van der Waals surface area contributed by atoms with Gasteiger partial charge in [-0.3, -0.25) is 9.59 Å². The molecule has 0 aromatic heterocycles. The molecule has 6 atom stereocenters. The fourth-order valence-corrected chi connectivity index (χ4v) is 6.85. The van der Waals surface area contributed by atoms with E-state index in [0.717, 1.165) is 43.4 Å². The molecule has 0 heterocycles. The van der Waals surface area contributed by atoms with Crippen LogP contribution >= 0.6 is 0 Å². The molecule has 0 amide bonds. The van der Waals surface area contributed by atoms with Gasteiger partial charge < -0.3 is 0 Å². The third kappa shape index (κ3) is 1.98. The summed E-state index contributed by atoms with van der Waals surface area (Å²) in [5.41, 5.74) is 1.72. The second kappa shape index (κ2) is 5.04. The van der Waals surface area contributed by atoms with E-state index in [4.69, 9.17) is 0 Å². The second-order valence-electron chi connectivity index (χ2n) is 8.59. The van der Waals surface area contributed by atoms with Crippen molar-refractivity contribution in [1.29, 1.82) is 0 Å². The zero-order valence-electron chi connectivity index (χ0n) is 13.9. The van der Waals surface area contributed by atoms with Crippen molar-refractivity contribution in [3.8, 4) is 0 Å². The molecule has 1 unspecified atom stereocenters. The maximum absolute atomic E-state index is 12.1. The summed E-state index contributed by atoms with van der Waals surface area (Å²) in [7, 11) is 0. The lowest BCUT2D eigenvalue weighted by Gasteiger charge is -2.53. The molecule has 0 saturated heterocycles. The Hall–Kier alpha value is -0.920. The van der Waals surface area contributed by atoms with Crippen molar-refractivity contribution in [2.75, 3.05) is 0 Å². The van der Waals surface area contributed by atoms with Gasteiger partial charge in [-0.1, -0.05) is 12.5 Å². The van der Waals surface area contributed by atoms with Crippen LogP contribution in [0.15, 0.2) is 11.6 Å². The topological polar surface area (TPSA) is 34.1 Å². The van der Waals surface area contributed by atoms with E-state index in [-0.39, 0.29) is 5.41 Å². The molecule has 0 aliphatic heterocycles. The first-order chi connectivity index (χ1) is 10.5. The summed E-state index contributed by atoms with van der Waals surface area (Å²) in [4.78, 5) is 23.8. The average Bonchev–Trinajstić information content (AvgIpc) is 2.84. The van der Waals surface area contributed by atoms with E-state index >= 15 is 0 Å². The van der Waals surface area contributed by atoms with Gasteiger partial charge in [0.1, 0.15) is 5.78 Å². The summed E-state index contributed by atoms with van der Waals surface area (Å²) in [5, 5.41) is 0. The smallest absolute Gasteiger partial charge is 0.155 e. The number of carbonyl (C=O) groups is 2. The van der Waals surface area contributed by atoms with Crippen molar-refractivity contribution < 1.29 is 9.59 Å². The van der Waals surface area contributed by atoms with E-state index in [1.807, 2.05) is 6.08 Å². The molecule has 0 aromatic carbocycles. The van der Waals surface area contributed by atoms with Gasteiger partial charge >= 0.3 is 0 Å². The SMILES string of the molecule is CC(=O)[C@H]1CC[C@H]2[C@@H]3CCC4=CC(=O)CCC4[C@H]3CC[C@]12C. The molecule has 4 aliphatic rings. The lowest BCUT2D eigenvalue weighted by molar-refractivity contribution is -0.127. The maximum atomic E-state index is 12.1. The molecule has 0 radical (unpaired) electrons. The fraction of sp³-hybridized carbons (Fsp3) is 0.800. The van der Waals surface area contributed by atoms with Crippen molar-refractivity contribution in [3.63, 3.8) is 0 Å². The van der Waals surface area contributed by atoms with Crippen LogP contribution in [0.1, 0.15) is 65.2 Å². The normalized spacial score (nSPS) is 47.3. The van der Waals surface area contributed by atoms with E-state index in [1.54, 1.807) is 6.92 Å². The van der Waals surface area contributed by atoms with E-state index in [1.165, 1.54) is 31.3 Å². The maximum Gasteiger partial charge on any atom is 0.155 e. The van der Waals surface area contributed by atoms with Gasteiger partial charge in [0.05, 0.1) is 0 Å². The lowest BCUT2D eigenvalue weighted by Crippen LogP contribution is -2.47. The van der Waals surface area contributed by atoms with Crippen LogP contribution in [0.25, 0.3) is 0 Å². The van der Waals surface area contributed by atoms with Crippen molar-refractivity contribution in [3.05, 3.63) is 11.6 Å². The average molecular weight is 300 g/mol. The van der Waals surface area contributed by atoms with Crippen molar-refractivity contribution >= 4 is 11.6 Å². The molecule has 4 rings (SSSR count). The molecule has 3 fully saturated rings. The second-order valence-corrected chi connectivity index (χ2v) is 8.59. The van der Waals surface area contributed by atoms with E-state index in [0.29, 0.717) is 23.4 Å². The van der Waals surface area contributed by atoms with Gasteiger partial charge in [0, 0.05) is 12.3 Å². The number of hydrogen-bond acceptors (Lipinski definition) is 2. The summed E-state index contributed by atoms with van der Waals surface area (Å²) in [6.07, 6.45) is 11.1. The number of Topliss-reactive ketones (excluding diaryl/α,β-unsaturated/α-hetero) is 1. The van der Waals surface area contributed by atoms with Crippen LogP contribution in [-0.4, -0.2) is 11.6 Å². The molecule has 0 spiro atoms. The molecule has 0 aromatic rings. The predicted octanol–water partition coefficient (Wildman–Crippen LogP) is 4.33. The highest BCUT2D eigenvalue weighted by Gasteiger charge is 2.57. The zero-order valence-corrected chi connectivity index (χ0v) is 13.9. The number of fused-ring (bicyclic) bond motifs is 5. The molecule has 120 valence electrons. The molecule has 22 heavy (non-hydrogen) atoms. The van der Waals surface area contributed by atoms with Gasteiger partial charge in [-0.15, -0.1) is 0 Å². The van der Waals surface area contributed by atoms with E-state index < -0.39 is 0 Å². The molecule has 0 N–H and O–H groups in total. The minimum absolute atomic E-state index is 0.263. The summed E-state index contributed by atoms with van der Waals surface area (Å²) >= 11 is 0. The summed E-state index contributed by atoms with van der Waals surface area (Å²) < 4.78 is 0. The monoisotopic (exact) mass is 300 g/mol. The number of ketones is 2. The molecular formula is C20H28O2. The highest BCUT2D eigenvalue weighted by atomic mass is 16.1. The Morgan fingerprint density at radius 1 is 1.09 bits per heavy atom. The Bertz CT molecular complexity index is 546. The Balaban J connectivity index is 1.62. The molecule has 0 bridgehead atoms. The number of rotatable bonds is 1. The first-order valence-corrected chi connectivity index (χ1v) is 9.24. The van der Waals surface area contributed by atoms with E-state index in [2.05, 4.69) is 6.92 Å². The molecular weight excluding hydrogens is 272 g/mol. The minimum Gasteiger partial charge on any atom is -0.300 e. The van der Waals surface area contributed by atoms with Crippen LogP contribution in [0.5, 0.6) is 0 Å². The fourth-order valence-electron chi connectivity index (χ4n) is 6.85. The third-order valence-electron chi connectivity index (χ3n) is 7.79. The zero-order chi connectivity index (χ0) is 15.5. The quantitative estimate of drug-likeness (QED) is 0.722. The standard InChI is InChI=1S/C20H28O2/c1-12(21)18-7-8-19-17-5-3-13-11-14(22)4-6-15(13)16(17)9-10-20(18,19)2/h11,15-19H,3-10H2,1-2H3/t15?,16-,17-,18-,19+,20-/m1/s1. The van der Waals surface area contributed by atoms with Gasteiger partial charge in [-0.2, -0.15) is 0 Å². The van der Waals surface area contributed by atoms with Crippen LogP contribution in [0, 0.1) is 35.0 Å². The molecule has 2 heteroatoms. The van der Waals surface area contributed by atoms with Gasteiger partial charge in [0.25, 0.3) is 0 Å². The Labute approximate surface area is 133 Å². The molecule has 3 saturated carbocycles. The Kier molecular flexibility index (Phi) is 3.36. The van der Waals surface area contributed by atoms with Crippen molar-refractivity contribution in [2.45, 2.75) is 65.2 Å². The molecule has 2 nitrogen and oxygen atoms in total. The number of allylic oxidation sites excluding steroid dienone is 1. The summed E-state index contributed by atoms with van der Waals surface area (Å²) in [5.74, 6) is 4.10. The summed E-state index contributed by atoms with van der Waals surface area (Å²) in [6.45, 7) is 4.21. The van der Waals surface area contributed by atoms with Crippen LogP contribution in [-0.2, 0) is 9.59 Å². The van der Waals surface area contributed by atoms with Gasteiger partial charge in [0.15, 0.2) is 5.78 Å². The highest BCUT2D eigenvalue weighted by molar-refractivity contribution is 5.91. The first-order valence-electron chi connectivity index (χ1n) is 9.24. The predicted molar refractivity (Wildman–Crippen MR) is 86.3 cm³/mol. The van der Waals surface area contributed by atoms with Crippen LogP contribution in [0.2, 0.25) is 0 Å². The highest BCUT2D eigenvalue weighted by Crippen LogP contribution is 2.63. The van der Waals surface area contributed by atoms with Gasteiger partial charge in [-0.05, 0) is 87.0 Å². The number of hydrogen-bond donors (Lipinski definition) is 0. The first kappa shape index (κ1) is 14.7. The van der Waals surface area contributed by atoms with Crippen molar-refractivity contribution in [1.82, 2.24) is 0 Å². The van der Waals surface area contributed by atoms with E-state index in [9.17, 15) is 9.59 Å². The third-order valence-corrected chi connectivity index (χ3v) is 7.79. The Morgan fingerprint density at radius 2 is 1.91 bits per heavy atom. The van der Waals surface area contributed by atoms with Gasteiger partial charge in [0.2, 0.25) is 0 Å². The largest absolute Gasteiger partial charge is 0.300 e. The van der Waals surface area contributed by atoms with Crippen molar-refractivity contribution in [2.24, 2.45) is 35.0 Å². The van der Waals surface area contributed by atoms with Crippen LogP contribution in [0.4, 0.5) is 0 Å². The van der Waals surface area contributed by atoms with Gasteiger partial charge in [-0.25, -0.2) is 0 Å². The van der Waals surface area contributed by atoms with Crippen LogP contribution in [0.3, 0.4) is 0 Å². The molecule has 4 aliphatic carbocycles.